The molecule has 0 atom stereocenters. The summed E-state index contributed by atoms with van der Waals surface area (Å²) >= 11 is 0. The van der Waals surface area contributed by atoms with Gasteiger partial charge in [-0.2, -0.15) is 5.10 Å². The molecule has 0 fully saturated rings. The molecule has 0 saturated heterocycles. The molecular weight excluding hydrogens is 240 g/mol. The van der Waals surface area contributed by atoms with Gasteiger partial charge in [0.25, 0.3) is 5.56 Å². The maximum Gasteiger partial charge on any atom is 0.268 e. The predicted molar refractivity (Wildman–Crippen MR) is 79.8 cm³/mol. The minimum Gasteiger partial charge on any atom is -0.373 e. The number of aromatic nitrogens is 2. The van der Waals surface area contributed by atoms with E-state index in [0.717, 1.165) is 31.7 Å². The van der Waals surface area contributed by atoms with Crippen molar-refractivity contribution >= 4 is 5.69 Å². The van der Waals surface area contributed by atoms with Crippen LogP contribution in [0.5, 0.6) is 0 Å². The Labute approximate surface area is 115 Å². The highest BCUT2D eigenvalue weighted by Crippen LogP contribution is 2.06. The second-order valence-corrected chi connectivity index (χ2v) is 5.29. The summed E-state index contributed by atoms with van der Waals surface area (Å²) in [6, 6.07) is 1.66. The fourth-order valence-corrected chi connectivity index (χ4v) is 1.84. The summed E-state index contributed by atoms with van der Waals surface area (Å²) in [4.78, 5) is 14.0. The summed E-state index contributed by atoms with van der Waals surface area (Å²) in [7, 11) is 1.98. The van der Waals surface area contributed by atoms with Gasteiger partial charge in [0.2, 0.25) is 0 Å². The predicted octanol–water partition coefficient (Wildman–Crippen LogP) is 1.34. The topological polar surface area (TPSA) is 50.2 Å². The van der Waals surface area contributed by atoms with Gasteiger partial charge in [-0.15, -0.1) is 0 Å². The van der Waals surface area contributed by atoms with Crippen molar-refractivity contribution < 1.29 is 0 Å². The van der Waals surface area contributed by atoms with Crippen molar-refractivity contribution in [3.8, 4) is 0 Å². The maximum atomic E-state index is 11.9. The molecule has 0 saturated carbocycles. The van der Waals surface area contributed by atoms with E-state index in [1.54, 1.807) is 12.3 Å². The van der Waals surface area contributed by atoms with Gasteiger partial charge in [0.1, 0.15) is 0 Å². The van der Waals surface area contributed by atoms with Crippen LogP contribution in [-0.2, 0) is 6.54 Å². The van der Waals surface area contributed by atoms with E-state index in [0.29, 0.717) is 12.5 Å². The van der Waals surface area contributed by atoms with E-state index >= 15 is 0 Å². The standard InChI is InChI=1S/C14H26N4O/c1-5-7-17(4)13-9-14(19)18(16-11-13)8-6-15-10-12(2)3/h9,11-12,15H,5-8,10H2,1-4H3. The second kappa shape index (κ2) is 7.94. The molecule has 5 nitrogen and oxygen atoms in total. The van der Waals surface area contributed by atoms with Crippen LogP contribution in [0.3, 0.4) is 0 Å². The molecule has 0 radical (unpaired) electrons. The van der Waals surface area contributed by atoms with Crippen molar-refractivity contribution in [2.75, 3.05) is 31.6 Å². The smallest absolute Gasteiger partial charge is 0.268 e. The fourth-order valence-electron chi connectivity index (χ4n) is 1.84. The highest BCUT2D eigenvalue weighted by atomic mass is 16.1. The van der Waals surface area contributed by atoms with Gasteiger partial charge in [-0.25, -0.2) is 4.68 Å². The third-order valence-electron chi connectivity index (χ3n) is 2.91. The van der Waals surface area contributed by atoms with Gasteiger partial charge in [0.15, 0.2) is 0 Å². The van der Waals surface area contributed by atoms with E-state index in [1.807, 2.05) is 7.05 Å². The molecule has 1 aromatic rings. The molecule has 0 aromatic carbocycles. The molecular formula is C14H26N4O. The number of nitrogens with zero attached hydrogens (tertiary/aromatic N) is 3. The number of anilines is 1. The van der Waals surface area contributed by atoms with Gasteiger partial charge in [-0.3, -0.25) is 4.79 Å². The third-order valence-corrected chi connectivity index (χ3v) is 2.91. The van der Waals surface area contributed by atoms with E-state index in [4.69, 9.17) is 0 Å². The number of hydrogen-bond donors (Lipinski definition) is 1. The van der Waals surface area contributed by atoms with Crippen molar-refractivity contribution in [2.45, 2.75) is 33.7 Å². The first kappa shape index (κ1) is 15.7. The minimum absolute atomic E-state index is 0.0354. The fraction of sp³-hybridized carbons (Fsp3) is 0.714. The van der Waals surface area contributed by atoms with Crippen molar-refractivity contribution in [2.24, 2.45) is 5.92 Å². The Kier molecular flexibility index (Phi) is 6.56. The van der Waals surface area contributed by atoms with Crippen molar-refractivity contribution in [1.82, 2.24) is 15.1 Å². The first-order valence-electron chi connectivity index (χ1n) is 7.03. The zero-order valence-electron chi connectivity index (χ0n) is 12.5. The van der Waals surface area contributed by atoms with E-state index in [1.165, 1.54) is 4.68 Å². The Hall–Kier alpha value is -1.36. The Morgan fingerprint density at radius 2 is 2.21 bits per heavy atom. The van der Waals surface area contributed by atoms with Crippen LogP contribution in [0, 0.1) is 5.92 Å². The minimum atomic E-state index is -0.0354. The Bertz CT molecular complexity index is 428. The van der Waals surface area contributed by atoms with E-state index in [2.05, 4.69) is 36.1 Å². The van der Waals surface area contributed by atoms with Crippen molar-refractivity contribution in [1.29, 1.82) is 0 Å². The van der Waals surface area contributed by atoms with Crippen molar-refractivity contribution in [3.05, 3.63) is 22.6 Å². The van der Waals surface area contributed by atoms with Crippen LogP contribution in [0.25, 0.3) is 0 Å². The van der Waals surface area contributed by atoms with E-state index in [9.17, 15) is 4.79 Å². The Morgan fingerprint density at radius 1 is 1.47 bits per heavy atom. The van der Waals surface area contributed by atoms with Gasteiger partial charge in [0, 0.05) is 26.2 Å². The SMILES string of the molecule is CCCN(C)c1cnn(CCNCC(C)C)c(=O)c1. The maximum absolute atomic E-state index is 11.9. The quantitative estimate of drug-likeness (QED) is 0.721. The van der Waals surface area contributed by atoms with Crippen LogP contribution in [0.15, 0.2) is 17.1 Å². The van der Waals surface area contributed by atoms with Crippen LogP contribution in [0.2, 0.25) is 0 Å². The molecule has 19 heavy (non-hydrogen) atoms. The largest absolute Gasteiger partial charge is 0.373 e. The molecule has 0 bridgehead atoms. The first-order valence-corrected chi connectivity index (χ1v) is 7.03. The van der Waals surface area contributed by atoms with Crippen LogP contribution < -0.4 is 15.8 Å². The lowest BCUT2D eigenvalue weighted by atomic mass is 10.2. The molecule has 1 N–H and O–H groups in total. The molecule has 0 aliphatic heterocycles. The molecule has 0 aliphatic rings. The average Bonchev–Trinajstić information content (AvgIpc) is 2.36. The summed E-state index contributed by atoms with van der Waals surface area (Å²) in [6.07, 6.45) is 2.82. The molecule has 0 aliphatic carbocycles. The molecule has 108 valence electrons. The van der Waals surface area contributed by atoms with Gasteiger partial charge >= 0.3 is 0 Å². The summed E-state index contributed by atoms with van der Waals surface area (Å²) in [5, 5.41) is 7.53. The Morgan fingerprint density at radius 3 is 2.79 bits per heavy atom. The van der Waals surface area contributed by atoms with Gasteiger partial charge in [0.05, 0.1) is 18.4 Å². The summed E-state index contributed by atoms with van der Waals surface area (Å²) in [5.74, 6) is 0.620. The number of hydrogen-bond acceptors (Lipinski definition) is 4. The molecule has 0 amide bonds. The van der Waals surface area contributed by atoms with Crippen LogP contribution in [-0.4, -0.2) is 36.5 Å². The lowest BCUT2D eigenvalue weighted by Gasteiger charge is -2.17. The van der Waals surface area contributed by atoms with Gasteiger partial charge < -0.3 is 10.2 Å². The van der Waals surface area contributed by atoms with E-state index < -0.39 is 0 Å². The summed E-state index contributed by atoms with van der Waals surface area (Å²) in [6.45, 7) is 9.73. The van der Waals surface area contributed by atoms with Crippen LogP contribution in [0.4, 0.5) is 5.69 Å². The first-order chi connectivity index (χ1) is 9.04. The highest BCUT2D eigenvalue weighted by Gasteiger charge is 2.04. The monoisotopic (exact) mass is 266 g/mol. The third kappa shape index (κ3) is 5.42. The molecule has 0 spiro atoms. The zero-order valence-corrected chi connectivity index (χ0v) is 12.5. The lowest BCUT2D eigenvalue weighted by Crippen LogP contribution is -2.31. The average molecular weight is 266 g/mol. The van der Waals surface area contributed by atoms with Gasteiger partial charge in [-0.05, 0) is 18.9 Å². The molecule has 5 heteroatoms. The number of rotatable bonds is 8. The number of nitrogens with one attached hydrogen (secondary N) is 1. The molecule has 0 unspecified atom stereocenters. The second-order valence-electron chi connectivity index (χ2n) is 5.29. The lowest BCUT2D eigenvalue weighted by molar-refractivity contribution is 0.494. The molecule has 1 aromatic heterocycles. The van der Waals surface area contributed by atoms with Crippen LogP contribution in [0.1, 0.15) is 27.2 Å². The molecule has 1 rings (SSSR count). The van der Waals surface area contributed by atoms with Crippen molar-refractivity contribution in [3.63, 3.8) is 0 Å². The normalized spacial score (nSPS) is 11.0. The van der Waals surface area contributed by atoms with E-state index in [-0.39, 0.29) is 5.56 Å². The van der Waals surface area contributed by atoms with Gasteiger partial charge in [-0.1, -0.05) is 20.8 Å². The Balaban J connectivity index is 2.55. The van der Waals surface area contributed by atoms with Crippen LogP contribution >= 0.6 is 0 Å². The summed E-state index contributed by atoms with van der Waals surface area (Å²) < 4.78 is 1.51. The molecule has 1 heterocycles. The highest BCUT2D eigenvalue weighted by molar-refractivity contribution is 5.41. The zero-order chi connectivity index (χ0) is 14.3. The summed E-state index contributed by atoms with van der Waals surface area (Å²) in [5.41, 5.74) is 0.852.